The van der Waals surface area contributed by atoms with Crippen LogP contribution in [0.25, 0.3) is 0 Å². The third-order valence-electron chi connectivity index (χ3n) is 4.77. The number of ether oxygens (including phenoxy) is 2. The van der Waals surface area contributed by atoms with Crippen LogP contribution in [0.1, 0.15) is 12.8 Å². The molecule has 1 aromatic heterocycles. The summed E-state index contributed by atoms with van der Waals surface area (Å²) < 4.78 is 10.5. The Hall–Kier alpha value is -3.62. The van der Waals surface area contributed by atoms with Crippen LogP contribution in [0, 0.1) is 5.92 Å². The first-order valence-corrected chi connectivity index (χ1v) is 9.51. The van der Waals surface area contributed by atoms with Crippen molar-refractivity contribution in [2.24, 2.45) is 5.92 Å². The number of methoxy groups -OCH3 is 2. The number of nitrogens with zero attached hydrogens (tertiary/aromatic N) is 2. The van der Waals surface area contributed by atoms with Gasteiger partial charge in [-0.25, -0.2) is 0 Å². The molecule has 1 atom stereocenters. The zero-order chi connectivity index (χ0) is 21.5. The Kier molecular flexibility index (Phi) is 6.84. The van der Waals surface area contributed by atoms with Crippen molar-refractivity contribution in [3.05, 3.63) is 42.7 Å². The zero-order valence-corrected chi connectivity index (χ0v) is 16.9. The Morgan fingerprint density at radius 3 is 2.70 bits per heavy atom. The lowest BCUT2D eigenvalue weighted by Gasteiger charge is -2.18. The Balaban J connectivity index is 1.51. The maximum Gasteiger partial charge on any atom is 0.227 e. The predicted molar refractivity (Wildman–Crippen MR) is 110 cm³/mol. The maximum absolute atomic E-state index is 12.5. The van der Waals surface area contributed by atoms with Gasteiger partial charge in [0.1, 0.15) is 0 Å². The van der Waals surface area contributed by atoms with E-state index >= 15 is 0 Å². The molecular formula is C21H24N4O5. The molecule has 1 fully saturated rings. The number of aromatic nitrogens is 1. The van der Waals surface area contributed by atoms with E-state index in [0.717, 1.165) is 0 Å². The number of pyridine rings is 1. The molecule has 0 radical (unpaired) electrons. The number of rotatable bonds is 8. The van der Waals surface area contributed by atoms with Crippen LogP contribution in [0.3, 0.4) is 0 Å². The van der Waals surface area contributed by atoms with Crippen LogP contribution in [0.2, 0.25) is 0 Å². The van der Waals surface area contributed by atoms with Gasteiger partial charge in [-0.1, -0.05) is 0 Å². The number of carbonyl (C=O) groups excluding carboxylic acids is 3. The van der Waals surface area contributed by atoms with Crippen molar-refractivity contribution in [1.82, 2.24) is 10.3 Å². The maximum atomic E-state index is 12.5. The monoisotopic (exact) mass is 412 g/mol. The molecule has 0 aliphatic carbocycles. The average molecular weight is 412 g/mol. The summed E-state index contributed by atoms with van der Waals surface area (Å²) >= 11 is 0. The Bertz CT molecular complexity index is 919. The molecule has 1 aromatic carbocycles. The summed E-state index contributed by atoms with van der Waals surface area (Å²) in [7, 11) is 3.06. The van der Waals surface area contributed by atoms with E-state index in [4.69, 9.17) is 9.47 Å². The average Bonchev–Trinajstić information content (AvgIpc) is 3.15. The minimum atomic E-state index is -0.480. The van der Waals surface area contributed by atoms with Gasteiger partial charge in [0.15, 0.2) is 11.5 Å². The van der Waals surface area contributed by atoms with E-state index in [-0.39, 0.29) is 43.7 Å². The van der Waals surface area contributed by atoms with Gasteiger partial charge in [0.2, 0.25) is 17.7 Å². The molecular weight excluding hydrogens is 388 g/mol. The quantitative estimate of drug-likeness (QED) is 0.682. The first-order chi connectivity index (χ1) is 14.5. The summed E-state index contributed by atoms with van der Waals surface area (Å²) in [5.41, 5.74) is 1.24. The zero-order valence-electron chi connectivity index (χ0n) is 16.9. The van der Waals surface area contributed by atoms with E-state index in [1.165, 1.54) is 14.2 Å². The van der Waals surface area contributed by atoms with E-state index in [1.807, 2.05) is 0 Å². The molecule has 1 aliphatic rings. The summed E-state index contributed by atoms with van der Waals surface area (Å²) in [6.45, 7) is 0.452. The van der Waals surface area contributed by atoms with Gasteiger partial charge in [0, 0.05) is 43.9 Å². The van der Waals surface area contributed by atoms with Crippen molar-refractivity contribution in [1.29, 1.82) is 0 Å². The van der Waals surface area contributed by atoms with Crippen molar-refractivity contribution >= 4 is 29.1 Å². The van der Waals surface area contributed by atoms with Crippen molar-refractivity contribution in [3.8, 4) is 11.5 Å². The molecule has 1 unspecified atom stereocenters. The van der Waals surface area contributed by atoms with Crippen LogP contribution in [0.5, 0.6) is 11.5 Å². The van der Waals surface area contributed by atoms with Crippen LogP contribution in [-0.2, 0) is 14.4 Å². The second-order valence-electron chi connectivity index (χ2n) is 6.78. The SMILES string of the molecule is COc1ccc(N2CC(C(=O)NCCC(=O)Nc3cccnc3)CC2=O)cc1OC. The van der Waals surface area contributed by atoms with Crippen LogP contribution < -0.4 is 25.0 Å². The molecule has 3 amide bonds. The van der Waals surface area contributed by atoms with E-state index in [2.05, 4.69) is 15.6 Å². The predicted octanol–water partition coefficient (Wildman–Crippen LogP) is 1.60. The van der Waals surface area contributed by atoms with Crippen molar-refractivity contribution < 1.29 is 23.9 Å². The van der Waals surface area contributed by atoms with Crippen molar-refractivity contribution in [3.63, 3.8) is 0 Å². The summed E-state index contributed by atoms with van der Waals surface area (Å²) in [6.07, 6.45) is 3.40. The van der Waals surface area contributed by atoms with Gasteiger partial charge < -0.3 is 25.0 Å². The standard InChI is InChI=1S/C21H24N4O5/c1-29-17-6-5-16(11-18(17)30-2)25-13-14(10-20(25)27)21(28)23-9-7-19(26)24-15-4-3-8-22-12-15/h3-6,8,11-12,14H,7,9-10,13H2,1-2H3,(H,23,28)(H,24,26). The largest absolute Gasteiger partial charge is 0.493 e. The normalized spacial score (nSPS) is 15.6. The minimum absolute atomic E-state index is 0.113. The van der Waals surface area contributed by atoms with Crippen LogP contribution in [-0.4, -0.2) is 50.0 Å². The fourth-order valence-corrected chi connectivity index (χ4v) is 3.23. The molecule has 1 aliphatic heterocycles. The number of nitrogens with one attached hydrogen (secondary N) is 2. The number of anilines is 2. The number of hydrogen-bond acceptors (Lipinski definition) is 6. The first kappa shape index (κ1) is 21.1. The highest BCUT2D eigenvalue weighted by molar-refractivity contribution is 6.00. The number of carbonyl (C=O) groups is 3. The first-order valence-electron chi connectivity index (χ1n) is 9.51. The highest BCUT2D eigenvalue weighted by atomic mass is 16.5. The summed E-state index contributed by atoms with van der Waals surface area (Å²) in [5.74, 6) is -0.0241. The van der Waals surface area contributed by atoms with Gasteiger partial charge in [0.05, 0.1) is 32.0 Å². The topological polar surface area (TPSA) is 110 Å². The molecule has 0 bridgehead atoms. The third kappa shape index (κ3) is 5.05. The van der Waals surface area contributed by atoms with E-state index < -0.39 is 5.92 Å². The number of benzene rings is 1. The highest BCUT2D eigenvalue weighted by Gasteiger charge is 2.35. The van der Waals surface area contributed by atoms with Crippen LogP contribution in [0.4, 0.5) is 11.4 Å². The minimum Gasteiger partial charge on any atom is -0.493 e. The summed E-state index contributed by atoms with van der Waals surface area (Å²) in [5, 5.41) is 5.44. The molecule has 2 N–H and O–H groups in total. The summed E-state index contributed by atoms with van der Waals surface area (Å²) in [4.78, 5) is 42.3. The van der Waals surface area contributed by atoms with Gasteiger partial charge >= 0.3 is 0 Å². The second kappa shape index (κ2) is 9.73. The van der Waals surface area contributed by atoms with E-state index in [9.17, 15) is 14.4 Å². The molecule has 2 heterocycles. The fourth-order valence-electron chi connectivity index (χ4n) is 3.23. The van der Waals surface area contributed by atoms with E-state index in [0.29, 0.717) is 22.9 Å². The number of amides is 3. The molecule has 30 heavy (non-hydrogen) atoms. The Morgan fingerprint density at radius 1 is 1.20 bits per heavy atom. The lowest BCUT2D eigenvalue weighted by atomic mass is 10.1. The smallest absolute Gasteiger partial charge is 0.227 e. The third-order valence-corrected chi connectivity index (χ3v) is 4.77. The molecule has 9 heteroatoms. The highest BCUT2D eigenvalue weighted by Crippen LogP contribution is 2.34. The second-order valence-corrected chi connectivity index (χ2v) is 6.78. The molecule has 9 nitrogen and oxygen atoms in total. The molecule has 1 saturated heterocycles. The molecule has 0 spiro atoms. The number of hydrogen-bond donors (Lipinski definition) is 2. The lowest BCUT2D eigenvalue weighted by molar-refractivity contribution is -0.126. The summed E-state index contributed by atoms with van der Waals surface area (Å²) in [6, 6.07) is 8.63. The van der Waals surface area contributed by atoms with Crippen LogP contribution in [0.15, 0.2) is 42.7 Å². The van der Waals surface area contributed by atoms with Gasteiger partial charge in [-0.15, -0.1) is 0 Å². The van der Waals surface area contributed by atoms with Crippen molar-refractivity contribution in [2.45, 2.75) is 12.8 Å². The Labute approximate surface area is 174 Å². The fraction of sp³-hybridized carbons (Fsp3) is 0.333. The molecule has 158 valence electrons. The van der Waals surface area contributed by atoms with Gasteiger partial charge in [-0.05, 0) is 24.3 Å². The van der Waals surface area contributed by atoms with Gasteiger partial charge in [-0.3, -0.25) is 19.4 Å². The van der Waals surface area contributed by atoms with Gasteiger partial charge in [-0.2, -0.15) is 0 Å². The molecule has 2 aromatic rings. The van der Waals surface area contributed by atoms with Crippen LogP contribution >= 0.6 is 0 Å². The molecule has 0 saturated carbocycles. The van der Waals surface area contributed by atoms with E-state index in [1.54, 1.807) is 47.6 Å². The molecule has 3 rings (SSSR count). The van der Waals surface area contributed by atoms with Gasteiger partial charge in [0.25, 0.3) is 0 Å². The Morgan fingerprint density at radius 2 is 2.00 bits per heavy atom. The van der Waals surface area contributed by atoms with Crippen molar-refractivity contribution in [2.75, 3.05) is 37.5 Å². The lowest BCUT2D eigenvalue weighted by Crippen LogP contribution is -2.34.